The Morgan fingerprint density at radius 3 is 2.65 bits per heavy atom. The van der Waals surface area contributed by atoms with Gasteiger partial charge in [-0.15, -0.1) is 0 Å². The van der Waals surface area contributed by atoms with Crippen molar-refractivity contribution in [2.24, 2.45) is 0 Å². The lowest BCUT2D eigenvalue weighted by Crippen LogP contribution is -2.23. The van der Waals surface area contributed by atoms with Crippen LogP contribution in [0, 0.1) is 6.92 Å². The van der Waals surface area contributed by atoms with Crippen molar-refractivity contribution in [3.8, 4) is 17.0 Å². The third-order valence-electron chi connectivity index (χ3n) is 3.80. The molecule has 0 aromatic carbocycles. The van der Waals surface area contributed by atoms with Crippen molar-refractivity contribution >= 4 is 11.5 Å². The Hall–Kier alpha value is -2.67. The first-order valence-electron chi connectivity index (χ1n) is 8.61. The van der Waals surface area contributed by atoms with E-state index in [1.165, 1.54) is 0 Å². The average Bonchev–Trinajstić information content (AvgIpc) is 3.01. The number of hydrogen-bond acceptors (Lipinski definition) is 6. The van der Waals surface area contributed by atoms with Gasteiger partial charge in [0.05, 0.1) is 31.1 Å². The summed E-state index contributed by atoms with van der Waals surface area (Å²) in [6.45, 7) is 9.34. The molecule has 0 bridgehead atoms. The molecular weight excluding hydrogens is 330 g/mol. The fraction of sp³-hybridized carbons (Fsp3) is 0.421. The Balaban J connectivity index is 1.85. The van der Waals surface area contributed by atoms with E-state index in [1.807, 2.05) is 52.1 Å². The zero-order valence-electron chi connectivity index (χ0n) is 15.9. The van der Waals surface area contributed by atoms with Gasteiger partial charge in [-0.25, -0.2) is 14.5 Å². The van der Waals surface area contributed by atoms with E-state index in [2.05, 4.69) is 15.4 Å². The smallest absolute Gasteiger partial charge is 0.221 e. The summed E-state index contributed by atoms with van der Waals surface area (Å²) in [5.74, 6) is 1.34. The van der Waals surface area contributed by atoms with Gasteiger partial charge in [0.15, 0.2) is 5.65 Å². The summed E-state index contributed by atoms with van der Waals surface area (Å²) in [6, 6.07) is 5.83. The van der Waals surface area contributed by atoms with Gasteiger partial charge in [-0.05, 0) is 45.9 Å². The standard InChI is InChI=1S/C19H25N5O2/c1-13-6-7-14(18(22-13)25-5)15-12-21-24-10-8-16(23-17(15)24)20-9-11-26-19(2,3)4/h6-8,10,12H,9,11H2,1-5H3,(H,20,23). The first-order valence-corrected chi connectivity index (χ1v) is 8.61. The summed E-state index contributed by atoms with van der Waals surface area (Å²) in [4.78, 5) is 9.14. The number of methoxy groups -OCH3 is 1. The third-order valence-corrected chi connectivity index (χ3v) is 3.80. The minimum atomic E-state index is -0.146. The first-order chi connectivity index (χ1) is 12.4. The molecule has 3 heterocycles. The van der Waals surface area contributed by atoms with Crippen LogP contribution in [0.5, 0.6) is 5.88 Å². The number of aromatic nitrogens is 4. The lowest BCUT2D eigenvalue weighted by atomic mass is 10.1. The highest BCUT2D eigenvalue weighted by molar-refractivity contribution is 5.80. The molecule has 7 nitrogen and oxygen atoms in total. The van der Waals surface area contributed by atoms with Crippen molar-refractivity contribution in [3.63, 3.8) is 0 Å². The number of fused-ring (bicyclic) bond motifs is 1. The average molecular weight is 355 g/mol. The van der Waals surface area contributed by atoms with Crippen LogP contribution in [0.3, 0.4) is 0 Å². The molecule has 3 aromatic rings. The van der Waals surface area contributed by atoms with Gasteiger partial charge >= 0.3 is 0 Å². The highest BCUT2D eigenvalue weighted by Gasteiger charge is 2.15. The molecule has 0 unspecified atom stereocenters. The molecule has 3 rings (SSSR count). The Labute approximate surface area is 153 Å². The quantitative estimate of drug-likeness (QED) is 0.684. The normalized spacial score (nSPS) is 11.7. The maximum absolute atomic E-state index is 5.73. The number of anilines is 1. The van der Waals surface area contributed by atoms with Crippen LogP contribution in [0.1, 0.15) is 26.5 Å². The van der Waals surface area contributed by atoms with Crippen molar-refractivity contribution in [3.05, 3.63) is 36.3 Å². The molecule has 0 aliphatic rings. The third kappa shape index (κ3) is 4.11. The summed E-state index contributed by atoms with van der Waals surface area (Å²) >= 11 is 0. The van der Waals surface area contributed by atoms with Crippen LogP contribution in [-0.4, -0.2) is 45.4 Å². The number of nitrogens with zero attached hydrogens (tertiary/aromatic N) is 4. The minimum Gasteiger partial charge on any atom is -0.481 e. The lowest BCUT2D eigenvalue weighted by molar-refractivity contribution is 0.00331. The molecule has 0 radical (unpaired) electrons. The summed E-state index contributed by atoms with van der Waals surface area (Å²) in [6.07, 6.45) is 3.66. The van der Waals surface area contributed by atoms with Crippen LogP contribution in [0.25, 0.3) is 16.8 Å². The molecule has 138 valence electrons. The fourth-order valence-corrected chi connectivity index (χ4v) is 2.59. The summed E-state index contributed by atoms with van der Waals surface area (Å²) < 4.78 is 12.9. The van der Waals surface area contributed by atoms with Crippen molar-refractivity contribution in [2.75, 3.05) is 25.6 Å². The lowest BCUT2D eigenvalue weighted by Gasteiger charge is -2.19. The number of ether oxygens (including phenoxy) is 2. The van der Waals surface area contributed by atoms with E-state index < -0.39 is 0 Å². The Morgan fingerprint density at radius 2 is 1.92 bits per heavy atom. The Morgan fingerprint density at radius 1 is 1.12 bits per heavy atom. The van der Waals surface area contributed by atoms with E-state index in [0.29, 0.717) is 19.0 Å². The molecule has 0 amide bonds. The number of hydrogen-bond donors (Lipinski definition) is 1. The largest absolute Gasteiger partial charge is 0.481 e. The van der Waals surface area contributed by atoms with Crippen LogP contribution < -0.4 is 10.1 Å². The maximum atomic E-state index is 5.73. The van der Waals surface area contributed by atoms with E-state index in [9.17, 15) is 0 Å². The summed E-state index contributed by atoms with van der Waals surface area (Å²) in [7, 11) is 1.62. The van der Waals surface area contributed by atoms with Crippen molar-refractivity contribution in [2.45, 2.75) is 33.3 Å². The van der Waals surface area contributed by atoms with Gasteiger partial charge in [0.1, 0.15) is 5.82 Å². The monoisotopic (exact) mass is 355 g/mol. The van der Waals surface area contributed by atoms with E-state index in [0.717, 1.165) is 28.3 Å². The molecule has 0 aliphatic heterocycles. The van der Waals surface area contributed by atoms with Gasteiger partial charge in [0, 0.05) is 24.0 Å². The first kappa shape index (κ1) is 18.1. The van der Waals surface area contributed by atoms with Gasteiger partial charge in [-0.1, -0.05) is 0 Å². The number of aryl methyl sites for hydroxylation is 1. The molecule has 3 aromatic heterocycles. The van der Waals surface area contributed by atoms with Crippen LogP contribution in [0.15, 0.2) is 30.6 Å². The van der Waals surface area contributed by atoms with Gasteiger partial charge in [0.25, 0.3) is 0 Å². The zero-order valence-corrected chi connectivity index (χ0v) is 15.9. The highest BCUT2D eigenvalue weighted by Crippen LogP contribution is 2.31. The fourth-order valence-electron chi connectivity index (χ4n) is 2.59. The van der Waals surface area contributed by atoms with E-state index in [1.54, 1.807) is 17.8 Å². The molecule has 0 saturated heterocycles. The van der Waals surface area contributed by atoms with Crippen LogP contribution >= 0.6 is 0 Å². The van der Waals surface area contributed by atoms with E-state index in [4.69, 9.17) is 14.5 Å². The van der Waals surface area contributed by atoms with Gasteiger partial charge in [0.2, 0.25) is 5.88 Å². The van der Waals surface area contributed by atoms with Crippen molar-refractivity contribution in [1.82, 2.24) is 19.6 Å². The topological polar surface area (TPSA) is 73.6 Å². The SMILES string of the molecule is COc1nc(C)ccc1-c1cnn2ccc(NCCOC(C)(C)C)nc12. The number of pyridine rings is 1. The van der Waals surface area contributed by atoms with Gasteiger partial charge < -0.3 is 14.8 Å². The van der Waals surface area contributed by atoms with Gasteiger partial charge in [-0.2, -0.15) is 5.10 Å². The van der Waals surface area contributed by atoms with Crippen molar-refractivity contribution < 1.29 is 9.47 Å². The number of nitrogens with one attached hydrogen (secondary N) is 1. The van der Waals surface area contributed by atoms with Crippen LogP contribution in [0.4, 0.5) is 5.82 Å². The van der Waals surface area contributed by atoms with Crippen LogP contribution in [0.2, 0.25) is 0 Å². The maximum Gasteiger partial charge on any atom is 0.221 e. The van der Waals surface area contributed by atoms with Crippen molar-refractivity contribution in [1.29, 1.82) is 0 Å². The van der Waals surface area contributed by atoms with Crippen LogP contribution in [-0.2, 0) is 4.74 Å². The predicted molar refractivity (Wildman–Crippen MR) is 102 cm³/mol. The highest BCUT2D eigenvalue weighted by atomic mass is 16.5. The summed E-state index contributed by atoms with van der Waals surface area (Å²) in [5, 5.41) is 7.67. The minimum absolute atomic E-state index is 0.146. The second-order valence-corrected chi connectivity index (χ2v) is 7.04. The molecule has 1 N–H and O–H groups in total. The predicted octanol–water partition coefficient (Wildman–Crippen LogP) is 3.34. The Bertz CT molecular complexity index is 899. The van der Waals surface area contributed by atoms with E-state index >= 15 is 0 Å². The molecule has 0 aliphatic carbocycles. The summed E-state index contributed by atoms with van der Waals surface area (Å²) in [5.41, 5.74) is 3.25. The molecule has 26 heavy (non-hydrogen) atoms. The second-order valence-electron chi connectivity index (χ2n) is 7.04. The molecular formula is C19H25N5O2. The van der Waals surface area contributed by atoms with Gasteiger partial charge in [-0.3, -0.25) is 0 Å². The molecule has 0 spiro atoms. The number of rotatable bonds is 6. The Kier molecular flexibility index (Phi) is 5.08. The second kappa shape index (κ2) is 7.29. The molecule has 0 saturated carbocycles. The molecule has 0 atom stereocenters. The van der Waals surface area contributed by atoms with E-state index in [-0.39, 0.29) is 5.60 Å². The molecule has 0 fully saturated rings. The molecule has 7 heteroatoms. The zero-order chi connectivity index (χ0) is 18.7.